The van der Waals surface area contributed by atoms with Gasteiger partial charge in [-0.3, -0.25) is 0 Å². The average molecular weight is 279 g/mol. The molecule has 2 rings (SSSR count). The van der Waals surface area contributed by atoms with Crippen LogP contribution in [0.2, 0.25) is 5.15 Å². The second-order valence-electron chi connectivity index (χ2n) is 4.77. The van der Waals surface area contributed by atoms with E-state index >= 15 is 0 Å². The monoisotopic (exact) mass is 278 g/mol. The van der Waals surface area contributed by atoms with Crippen LogP contribution in [0.1, 0.15) is 35.7 Å². The normalized spacial score (nSPS) is 10.9. The molecule has 1 heterocycles. The lowest BCUT2D eigenvalue weighted by molar-refractivity contribution is 0.280. The summed E-state index contributed by atoms with van der Waals surface area (Å²) in [6.07, 6.45) is 1.83. The third-order valence-electron chi connectivity index (χ3n) is 3.16. The molecule has 19 heavy (non-hydrogen) atoms. The lowest BCUT2D eigenvalue weighted by Gasteiger charge is -2.04. The molecule has 0 fully saturated rings. The van der Waals surface area contributed by atoms with Gasteiger partial charge in [0.05, 0.1) is 18.8 Å². The molecule has 4 heteroatoms. The molecule has 1 aromatic carbocycles. The summed E-state index contributed by atoms with van der Waals surface area (Å²) in [6, 6.07) is 8.30. The van der Waals surface area contributed by atoms with Crippen LogP contribution in [0.25, 0.3) is 0 Å². The summed E-state index contributed by atoms with van der Waals surface area (Å²) in [5.74, 6) is 0. The van der Waals surface area contributed by atoms with Gasteiger partial charge >= 0.3 is 0 Å². The molecular weight excluding hydrogens is 260 g/mol. The topological polar surface area (TPSA) is 38.0 Å². The number of nitrogens with zero attached hydrogens (tertiary/aromatic N) is 2. The Morgan fingerprint density at radius 1 is 1.26 bits per heavy atom. The van der Waals surface area contributed by atoms with Gasteiger partial charge in [0.2, 0.25) is 0 Å². The standard InChI is InChI=1S/C15H19ClN2O/c1-3-4-14-13(10-19)15(16)18(17-14)9-12-7-5-11(2)6-8-12/h5-8,19H,3-4,9-10H2,1-2H3. The molecule has 3 nitrogen and oxygen atoms in total. The molecule has 0 spiro atoms. The Labute approximate surface area is 118 Å². The van der Waals surface area contributed by atoms with E-state index in [-0.39, 0.29) is 6.61 Å². The molecule has 1 aromatic heterocycles. The van der Waals surface area contributed by atoms with Gasteiger partial charge < -0.3 is 5.11 Å². The van der Waals surface area contributed by atoms with Gasteiger partial charge in [-0.05, 0) is 18.9 Å². The van der Waals surface area contributed by atoms with Gasteiger partial charge in [-0.25, -0.2) is 4.68 Å². The first kappa shape index (κ1) is 14.1. The summed E-state index contributed by atoms with van der Waals surface area (Å²) < 4.78 is 1.77. The van der Waals surface area contributed by atoms with Crippen molar-refractivity contribution < 1.29 is 5.11 Å². The third kappa shape index (κ3) is 3.17. The highest BCUT2D eigenvalue weighted by atomic mass is 35.5. The van der Waals surface area contributed by atoms with Crippen molar-refractivity contribution in [1.82, 2.24) is 9.78 Å². The lowest BCUT2D eigenvalue weighted by atomic mass is 10.1. The Morgan fingerprint density at radius 3 is 2.53 bits per heavy atom. The van der Waals surface area contributed by atoms with Crippen LogP contribution in [0.5, 0.6) is 0 Å². The predicted octanol–water partition coefficient (Wildman–Crippen LogP) is 3.34. The predicted molar refractivity (Wildman–Crippen MR) is 77.4 cm³/mol. The van der Waals surface area contributed by atoms with Gasteiger partial charge in [-0.1, -0.05) is 54.8 Å². The maximum absolute atomic E-state index is 9.40. The van der Waals surface area contributed by atoms with Gasteiger partial charge in [-0.2, -0.15) is 5.10 Å². The van der Waals surface area contributed by atoms with Gasteiger partial charge in [0.15, 0.2) is 0 Å². The molecular formula is C15H19ClN2O. The van der Waals surface area contributed by atoms with E-state index < -0.39 is 0 Å². The van der Waals surface area contributed by atoms with Crippen molar-refractivity contribution in [2.24, 2.45) is 0 Å². The first-order valence-electron chi connectivity index (χ1n) is 6.56. The minimum atomic E-state index is -0.0535. The van der Waals surface area contributed by atoms with Crippen LogP contribution in [0.3, 0.4) is 0 Å². The maximum Gasteiger partial charge on any atom is 0.133 e. The van der Waals surface area contributed by atoms with Crippen LogP contribution >= 0.6 is 11.6 Å². The quantitative estimate of drug-likeness (QED) is 0.911. The Kier molecular flexibility index (Phi) is 4.61. The number of hydrogen-bond acceptors (Lipinski definition) is 2. The molecule has 0 saturated heterocycles. The van der Waals surface area contributed by atoms with Crippen LogP contribution in [0, 0.1) is 6.92 Å². The van der Waals surface area contributed by atoms with E-state index in [0.29, 0.717) is 11.7 Å². The van der Waals surface area contributed by atoms with Crippen molar-refractivity contribution in [3.63, 3.8) is 0 Å². The number of aromatic nitrogens is 2. The minimum absolute atomic E-state index is 0.0535. The average Bonchev–Trinajstić information content (AvgIpc) is 2.69. The molecule has 1 N–H and O–H groups in total. The number of rotatable bonds is 5. The first-order valence-corrected chi connectivity index (χ1v) is 6.94. The number of halogens is 1. The van der Waals surface area contributed by atoms with E-state index in [0.717, 1.165) is 29.7 Å². The van der Waals surface area contributed by atoms with Gasteiger partial charge in [0.25, 0.3) is 0 Å². The van der Waals surface area contributed by atoms with E-state index in [2.05, 4.69) is 43.2 Å². The molecule has 2 aromatic rings. The summed E-state index contributed by atoms with van der Waals surface area (Å²) in [5.41, 5.74) is 4.05. The van der Waals surface area contributed by atoms with Crippen LogP contribution in [-0.2, 0) is 19.6 Å². The fraction of sp³-hybridized carbons (Fsp3) is 0.400. The SMILES string of the molecule is CCCc1nn(Cc2ccc(C)cc2)c(Cl)c1CO. The van der Waals surface area contributed by atoms with Crippen molar-refractivity contribution in [2.45, 2.75) is 39.8 Å². The Balaban J connectivity index is 2.27. The highest BCUT2D eigenvalue weighted by Gasteiger charge is 2.14. The molecule has 0 aliphatic heterocycles. The van der Waals surface area contributed by atoms with Crippen LogP contribution in [0.4, 0.5) is 0 Å². The number of aryl methyl sites for hydroxylation is 2. The molecule has 0 aliphatic rings. The third-order valence-corrected chi connectivity index (χ3v) is 3.59. The Bertz CT molecular complexity index is 546. The van der Waals surface area contributed by atoms with Crippen molar-refractivity contribution >= 4 is 11.6 Å². The van der Waals surface area contributed by atoms with Crippen LogP contribution in [0.15, 0.2) is 24.3 Å². The summed E-state index contributed by atoms with van der Waals surface area (Å²) in [5, 5.41) is 14.5. The number of aliphatic hydroxyl groups excluding tert-OH is 1. The number of aliphatic hydroxyl groups is 1. The summed E-state index contributed by atoms with van der Waals surface area (Å²) >= 11 is 6.29. The van der Waals surface area contributed by atoms with E-state index in [1.54, 1.807) is 4.68 Å². The van der Waals surface area contributed by atoms with Crippen molar-refractivity contribution in [1.29, 1.82) is 0 Å². The highest BCUT2D eigenvalue weighted by Crippen LogP contribution is 2.22. The Morgan fingerprint density at radius 2 is 1.95 bits per heavy atom. The molecule has 0 atom stereocenters. The second-order valence-corrected chi connectivity index (χ2v) is 5.13. The Hall–Kier alpha value is -1.32. The van der Waals surface area contributed by atoms with E-state index in [1.165, 1.54) is 5.56 Å². The molecule has 0 radical (unpaired) electrons. The largest absolute Gasteiger partial charge is 0.391 e. The van der Waals surface area contributed by atoms with Crippen molar-refractivity contribution in [3.8, 4) is 0 Å². The van der Waals surface area contributed by atoms with Gasteiger partial charge in [0.1, 0.15) is 5.15 Å². The molecule has 102 valence electrons. The molecule has 0 aliphatic carbocycles. The summed E-state index contributed by atoms with van der Waals surface area (Å²) in [6.45, 7) is 4.74. The van der Waals surface area contributed by atoms with Crippen molar-refractivity contribution in [3.05, 3.63) is 51.8 Å². The fourth-order valence-corrected chi connectivity index (χ4v) is 2.36. The molecule has 0 saturated carbocycles. The number of benzene rings is 1. The number of hydrogen-bond donors (Lipinski definition) is 1. The zero-order valence-electron chi connectivity index (χ0n) is 11.4. The molecule has 0 bridgehead atoms. The smallest absolute Gasteiger partial charge is 0.133 e. The molecule has 0 amide bonds. The summed E-state index contributed by atoms with van der Waals surface area (Å²) in [7, 11) is 0. The van der Waals surface area contributed by atoms with E-state index in [4.69, 9.17) is 11.6 Å². The highest BCUT2D eigenvalue weighted by molar-refractivity contribution is 6.30. The zero-order valence-corrected chi connectivity index (χ0v) is 12.1. The van der Waals surface area contributed by atoms with Crippen LogP contribution < -0.4 is 0 Å². The van der Waals surface area contributed by atoms with E-state index in [1.807, 2.05) is 0 Å². The van der Waals surface area contributed by atoms with Gasteiger partial charge in [0, 0.05) is 5.56 Å². The minimum Gasteiger partial charge on any atom is -0.391 e. The second kappa shape index (κ2) is 6.22. The van der Waals surface area contributed by atoms with Crippen molar-refractivity contribution in [2.75, 3.05) is 0 Å². The van der Waals surface area contributed by atoms with Crippen LogP contribution in [-0.4, -0.2) is 14.9 Å². The maximum atomic E-state index is 9.40. The first-order chi connectivity index (χ1) is 9.15. The van der Waals surface area contributed by atoms with Gasteiger partial charge in [-0.15, -0.1) is 0 Å². The van der Waals surface area contributed by atoms with E-state index in [9.17, 15) is 5.11 Å². The lowest BCUT2D eigenvalue weighted by Crippen LogP contribution is -2.02. The zero-order chi connectivity index (χ0) is 13.8. The molecule has 0 unspecified atom stereocenters. The fourth-order valence-electron chi connectivity index (χ4n) is 2.09. The summed E-state index contributed by atoms with van der Waals surface area (Å²) in [4.78, 5) is 0.